The van der Waals surface area contributed by atoms with Gasteiger partial charge in [0.25, 0.3) is 0 Å². The van der Waals surface area contributed by atoms with E-state index < -0.39 is 0 Å². The highest BCUT2D eigenvalue weighted by Crippen LogP contribution is 2.23. The normalized spacial score (nSPS) is 10.4. The Morgan fingerprint density at radius 2 is 1.95 bits per heavy atom. The van der Waals surface area contributed by atoms with E-state index in [1.165, 1.54) is 0 Å². The maximum absolute atomic E-state index is 8.50. The predicted octanol–water partition coefficient (Wildman–Crippen LogP) is 2.23. The van der Waals surface area contributed by atoms with Crippen LogP contribution in [-0.2, 0) is 7.05 Å². The highest BCUT2D eigenvalue weighted by Gasteiger charge is 2.06. The Bertz CT molecular complexity index is 810. The Labute approximate surface area is 115 Å². The zero-order valence-corrected chi connectivity index (χ0v) is 11.1. The van der Waals surface area contributed by atoms with Gasteiger partial charge in [0.15, 0.2) is 6.19 Å². The van der Waals surface area contributed by atoms with Crippen molar-refractivity contribution < 1.29 is 0 Å². The summed E-state index contributed by atoms with van der Waals surface area (Å²) in [5.74, 6) is 1.27. The molecule has 6 nitrogen and oxygen atoms in total. The van der Waals surface area contributed by atoms with Gasteiger partial charge in [-0.2, -0.15) is 5.26 Å². The van der Waals surface area contributed by atoms with Gasteiger partial charge in [0.2, 0.25) is 5.95 Å². The van der Waals surface area contributed by atoms with Crippen molar-refractivity contribution in [1.29, 1.82) is 5.26 Å². The second-order valence-electron chi connectivity index (χ2n) is 4.45. The summed E-state index contributed by atoms with van der Waals surface area (Å²) in [4.78, 5) is 12.7. The lowest BCUT2D eigenvalue weighted by molar-refractivity contribution is 0.886. The maximum Gasteiger partial charge on any atom is 0.236 e. The zero-order chi connectivity index (χ0) is 14.1. The minimum absolute atomic E-state index is 0.297. The van der Waals surface area contributed by atoms with E-state index in [0.717, 1.165) is 28.0 Å². The second-order valence-corrected chi connectivity index (χ2v) is 4.45. The molecule has 0 saturated carbocycles. The number of fused-ring (bicyclic) bond motifs is 1. The van der Waals surface area contributed by atoms with Crippen molar-refractivity contribution in [2.75, 3.05) is 5.32 Å². The summed E-state index contributed by atoms with van der Waals surface area (Å²) >= 11 is 0. The van der Waals surface area contributed by atoms with Crippen molar-refractivity contribution in [3.8, 4) is 17.3 Å². The van der Waals surface area contributed by atoms with Crippen molar-refractivity contribution in [2.24, 2.45) is 7.05 Å². The number of aromatic nitrogens is 4. The number of rotatable bonds is 2. The monoisotopic (exact) mass is 264 g/mol. The average molecular weight is 264 g/mol. The fraction of sp³-hybridized carbons (Fsp3) is 0.143. The van der Waals surface area contributed by atoms with Crippen LogP contribution < -0.4 is 5.32 Å². The number of anilines is 1. The van der Waals surface area contributed by atoms with Gasteiger partial charge in [0, 0.05) is 25.0 Å². The number of benzene rings is 1. The molecule has 3 rings (SSSR count). The maximum atomic E-state index is 8.50. The first-order valence-corrected chi connectivity index (χ1v) is 6.09. The predicted molar refractivity (Wildman–Crippen MR) is 75.7 cm³/mol. The standard InChI is InChI=1S/C14H12N6/c1-9-19-12-5-10(3-4-13(12)20(9)2)11-6-16-14(17-7-11)18-8-15/h3-7H,1-2H3,(H,16,17,18). The van der Waals surface area contributed by atoms with E-state index in [1.54, 1.807) is 18.6 Å². The van der Waals surface area contributed by atoms with E-state index in [-0.39, 0.29) is 0 Å². The molecule has 2 aromatic heterocycles. The highest BCUT2D eigenvalue weighted by molar-refractivity contribution is 5.82. The molecule has 0 aliphatic heterocycles. The minimum atomic E-state index is 0.297. The van der Waals surface area contributed by atoms with Crippen molar-refractivity contribution in [1.82, 2.24) is 19.5 Å². The van der Waals surface area contributed by atoms with E-state index in [9.17, 15) is 0 Å². The fourth-order valence-electron chi connectivity index (χ4n) is 2.09. The Morgan fingerprint density at radius 3 is 2.65 bits per heavy atom. The summed E-state index contributed by atoms with van der Waals surface area (Å²) in [6, 6.07) is 6.06. The number of aryl methyl sites for hydroxylation is 2. The molecular formula is C14H12N6. The molecule has 3 aromatic rings. The van der Waals surface area contributed by atoms with E-state index in [0.29, 0.717) is 5.95 Å². The molecule has 0 radical (unpaired) electrons. The third-order valence-electron chi connectivity index (χ3n) is 3.26. The van der Waals surface area contributed by atoms with Gasteiger partial charge >= 0.3 is 0 Å². The van der Waals surface area contributed by atoms with Crippen LogP contribution in [-0.4, -0.2) is 19.5 Å². The van der Waals surface area contributed by atoms with Crippen LogP contribution in [0.3, 0.4) is 0 Å². The van der Waals surface area contributed by atoms with E-state index in [1.807, 2.05) is 32.2 Å². The average Bonchev–Trinajstić information content (AvgIpc) is 2.75. The summed E-state index contributed by atoms with van der Waals surface area (Å²) in [7, 11) is 2.00. The van der Waals surface area contributed by atoms with Crippen molar-refractivity contribution in [3.63, 3.8) is 0 Å². The minimum Gasteiger partial charge on any atom is -0.331 e. The van der Waals surface area contributed by atoms with Crippen LogP contribution in [0.1, 0.15) is 5.82 Å². The molecule has 0 atom stereocenters. The number of nitrogens with one attached hydrogen (secondary N) is 1. The molecule has 98 valence electrons. The molecular weight excluding hydrogens is 252 g/mol. The van der Waals surface area contributed by atoms with Crippen molar-refractivity contribution in [3.05, 3.63) is 36.4 Å². The Balaban J connectivity index is 2.03. The third-order valence-corrected chi connectivity index (χ3v) is 3.26. The van der Waals surface area contributed by atoms with Crippen LogP contribution in [0.2, 0.25) is 0 Å². The lowest BCUT2D eigenvalue weighted by Gasteiger charge is -2.02. The molecule has 0 fully saturated rings. The molecule has 2 heterocycles. The molecule has 0 unspecified atom stereocenters. The lowest BCUT2D eigenvalue weighted by atomic mass is 10.1. The quantitative estimate of drug-likeness (QED) is 0.567. The first kappa shape index (κ1) is 12.1. The lowest BCUT2D eigenvalue weighted by Crippen LogP contribution is -1.95. The van der Waals surface area contributed by atoms with Crippen molar-refractivity contribution in [2.45, 2.75) is 6.92 Å². The fourth-order valence-corrected chi connectivity index (χ4v) is 2.09. The van der Waals surface area contributed by atoms with Crippen LogP contribution >= 0.6 is 0 Å². The summed E-state index contributed by atoms with van der Waals surface area (Å²) in [5, 5.41) is 10.9. The van der Waals surface area contributed by atoms with Gasteiger partial charge in [-0.05, 0) is 24.6 Å². The molecule has 6 heteroatoms. The molecule has 0 saturated heterocycles. The van der Waals surface area contributed by atoms with Crippen LogP contribution in [0.25, 0.3) is 22.2 Å². The van der Waals surface area contributed by atoms with Crippen LogP contribution in [0.4, 0.5) is 5.95 Å². The first-order valence-electron chi connectivity index (χ1n) is 6.09. The van der Waals surface area contributed by atoms with E-state index in [2.05, 4.69) is 24.8 Å². The number of hydrogen-bond donors (Lipinski definition) is 1. The van der Waals surface area contributed by atoms with Gasteiger partial charge in [-0.3, -0.25) is 5.32 Å². The molecule has 0 aliphatic rings. The summed E-state index contributed by atoms with van der Waals surface area (Å²) in [6.45, 7) is 1.98. The SMILES string of the molecule is Cc1nc2cc(-c3cnc(NC#N)nc3)ccc2n1C. The van der Waals surface area contributed by atoms with Crippen LogP contribution in [0.15, 0.2) is 30.6 Å². The van der Waals surface area contributed by atoms with Gasteiger partial charge in [-0.25, -0.2) is 15.0 Å². The number of nitriles is 1. The number of nitrogens with zero attached hydrogens (tertiary/aromatic N) is 5. The summed E-state index contributed by atoms with van der Waals surface area (Å²) in [5.41, 5.74) is 3.93. The Kier molecular flexibility index (Phi) is 2.80. The first-order chi connectivity index (χ1) is 9.69. The molecule has 1 N–H and O–H groups in total. The topological polar surface area (TPSA) is 79.4 Å². The molecule has 0 amide bonds. The highest BCUT2D eigenvalue weighted by atomic mass is 15.1. The third kappa shape index (κ3) is 1.95. The largest absolute Gasteiger partial charge is 0.331 e. The zero-order valence-electron chi connectivity index (χ0n) is 11.1. The van der Waals surface area contributed by atoms with Gasteiger partial charge in [0.05, 0.1) is 11.0 Å². The summed E-state index contributed by atoms with van der Waals surface area (Å²) < 4.78 is 2.05. The number of hydrogen-bond acceptors (Lipinski definition) is 5. The van der Waals surface area contributed by atoms with Crippen LogP contribution in [0, 0.1) is 18.4 Å². The van der Waals surface area contributed by atoms with Gasteiger partial charge < -0.3 is 4.57 Å². The van der Waals surface area contributed by atoms with E-state index in [4.69, 9.17) is 5.26 Å². The second kappa shape index (κ2) is 4.63. The van der Waals surface area contributed by atoms with Gasteiger partial charge in [0.1, 0.15) is 5.82 Å². The van der Waals surface area contributed by atoms with E-state index >= 15 is 0 Å². The van der Waals surface area contributed by atoms with Gasteiger partial charge in [-0.15, -0.1) is 0 Å². The summed E-state index contributed by atoms with van der Waals surface area (Å²) in [6.07, 6.45) is 5.16. The molecule has 1 aromatic carbocycles. The van der Waals surface area contributed by atoms with Crippen molar-refractivity contribution >= 4 is 17.0 Å². The smallest absolute Gasteiger partial charge is 0.236 e. The molecule has 0 bridgehead atoms. The van der Waals surface area contributed by atoms with Gasteiger partial charge in [-0.1, -0.05) is 6.07 Å². The molecule has 0 spiro atoms. The molecule has 20 heavy (non-hydrogen) atoms. The van der Waals surface area contributed by atoms with Crippen LogP contribution in [0.5, 0.6) is 0 Å². The Morgan fingerprint density at radius 1 is 1.20 bits per heavy atom. The Hall–Kier alpha value is -2.94. The number of imidazole rings is 1. The molecule has 0 aliphatic carbocycles.